The third-order valence-corrected chi connectivity index (χ3v) is 0. The molecule has 8 nitrogen and oxygen atoms in total. The molecule has 0 fully saturated rings. The molecular weight excluding hydrogens is 727 g/mol. The Bertz CT molecular complexity index is 153. The first kappa shape index (κ1) is 74.9. The summed E-state index contributed by atoms with van der Waals surface area (Å²) in [6, 6.07) is 0. The van der Waals surface area contributed by atoms with Gasteiger partial charge in [0.05, 0.1) is 0 Å². The molecular formula is Mn3Ni3O8P2Zn3. The average Bonchev–Trinajstić information content (AvgIpc) is 1.12. The van der Waals surface area contributed by atoms with Crippen molar-refractivity contribution in [1.82, 2.24) is 0 Å². The Morgan fingerprint density at radius 1 is 0.474 bits per heavy atom. The number of rotatable bonds is 0. The molecule has 0 heterocycles. The van der Waals surface area contributed by atoms with E-state index in [1.54, 1.807) is 0 Å². The first-order valence-electron chi connectivity index (χ1n) is 1.46. The topological polar surface area (TPSA) is 172 Å². The van der Waals surface area contributed by atoms with Crippen LogP contribution >= 0.6 is 15.6 Å². The minimum absolute atomic E-state index is 0. The predicted octanol–water partition coefficient (Wildman–Crippen LogP) is -5.67. The van der Waals surface area contributed by atoms with Crippen LogP contribution in [-0.4, -0.2) is 0 Å². The Balaban J connectivity index is -0.00000000508. The molecule has 19 heteroatoms. The molecule has 0 spiro atoms. The fraction of sp³-hybridized carbons (Fsp3) is 0. The molecule has 0 aromatic carbocycles. The third kappa shape index (κ3) is 392. The molecule has 0 unspecified atom stereocenters. The van der Waals surface area contributed by atoms with Gasteiger partial charge >= 0.3 is 51.2 Å². The first-order valence-corrected chi connectivity index (χ1v) is 4.38. The minimum atomic E-state index is -5.39. The molecule has 0 atom stereocenters. The number of phosphoric acid groups is 2. The summed E-state index contributed by atoms with van der Waals surface area (Å²) in [6.45, 7) is 0. The van der Waals surface area contributed by atoms with Crippen LogP contribution in [0.4, 0.5) is 0 Å². The van der Waals surface area contributed by atoms with Crippen molar-refractivity contribution in [2.24, 2.45) is 0 Å². The molecule has 115 valence electrons. The van der Waals surface area contributed by atoms with Crippen molar-refractivity contribution in [3.8, 4) is 0 Å². The zero-order chi connectivity index (χ0) is 9.00. The van der Waals surface area contributed by atoms with Crippen molar-refractivity contribution in [3.05, 3.63) is 0 Å². The average molecular weight is 727 g/mol. The molecule has 0 aliphatic carbocycles. The van der Waals surface area contributed by atoms with Crippen LogP contribution in [0.5, 0.6) is 0 Å². The van der Waals surface area contributed by atoms with Crippen LogP contribution in [0.2, 0.25) is 0 Å². The van der Waals surface area contributed by atoms with Crippen LogP contribution in [0.3, 0.4) is 0 Å². The monoisotopic (exact) mass is 720 g/mol. The third-order valence-electron chi connectivity index (χ3n) is 0. The van der Waals surface area contributed by atoms with E-state index in [0.717, 1.165) is 0 Å². The van der Waals surface area contributed by atoms with E-state index in [9.17, 15) is 0 Å². The summed E-state index contributed by atoms with van der Waals surface area (Å²) in [5.41, 5.74) is 0. The van der Waals surface area contributed by atoms with Crippen LogP contribution in [0.1, 0.15) is 0 Å². The fourth-order valence-corrected chi connectivity index (χ4v) is 0. The van der Waals surface area contributed by atoms with Gasteiger partial charge in [-0.05, 0) is 0 Å². The second-order valence-corrected chi connectivity index (χ2v) is 2.68. The van der Waals surface area contributed by atoms with Gasteiger partial charge in [0.25, 0.3) is 0 Å². The quantitative estimate of drug-likeness (QED) is 0.176. The summed E-state index contributed by atoms with van der Waals surface area (Å²) < 4.78 is 17.1. The van der Waals surface area contributed by atoms with Crippen LogP contribution in [0, 0.1) is 0 Å². The van der Waals surface area contributed by atoms with Gasteiger partial charge < -0.3 is 38.5 Å². The predicted molar refractivity (Wildman–Crippen MR) is 15.2 cm³/mol. The van der Waals surface area contributed by atoms with Gasteiger partial charge in [0.15, 0.2) is 0 Å². The van der Waals surface area contributed by atoms with E-state index in [1.165, 1.54) is 0 Å². The van der Waals surface area contributed by atoms with Gasteiger partial charge in [0, 0.05) is 108 Å². The van der Waals surface area contributed by atoms with E-state index < -0.39 is 15.6 Å². The van der Waals surface area contributed by atoms with Crippen LogP contribution < -0.4 is 29.4 Å². The molecule has 0 amide bonds. The smallest absolute Gasteiger partial charge is 0.822 e. The Morgan fingerprint density at radius 3 is 0.474 bits per heavy atom. The maximum Gasteiger partial charge on any atom is 2.00 e. The summed E-state index contributed by atoms with van der Waals surface area (Å²) >= 11 is 0. The van der Waals surface area contributed by atoms with Crippen LogP contribution in [0.15, 0.2) is 0 Å². The van der Waals surface area contributed by atoms with E-state index in [0.29, 0.717) is 0 Å². The van der Waals surface area contributed by atoms with E-state index in [4.69, 9.17) is 38.5 Å². The van der Waals surface area contributed by atoms with E-state index >= 15 is 0 Å². The Morgan fingerprint density at radius 2 is 0.474 bits per heavy atom. The second kappa shape index (κ2) is 38.6. The SMILES string of the molecule is O=P([O-])([O-])[O-].O=P([O-])([O-])[O-].[Mn+2].[Mn+2].[Mn+2].[Ni].[Ni].[Ni].[Zn].[Zn].[Zn]. The molecule has 0 saturated heterocycles. The molecule has 0 rings (SSSR count). The largest absolute Gasteiger partial charge is 2.00 e. The summed E-state index contributed by atoms with van der Waals surface area (Å²) in [6.07, 6.45) is 0. The number of hydrogen-bond donors (Lipinski definition) is 0. The number of hydrogen-bond acceptors (Lipinski definition) is 8. The van der Waals surface area contributed by atoms with Crippen LogP contribution in [-0.2, 0) is 168 Å². The van der Waals surface area contributed by atoms with Crippen molar-refractivity contribution in [2.75, 3.05) is 0 Å². The molecule has 0 aromatic heterocycles. The molecule has 0 aromatic rings. The van der Waals surface area contributed by atoms with Gasteiger partial charge in [-0.3, -0.25) is 0 Å². The minimum Gasteiger partial charge on any atom is -0.822 e. The second-order valence-electron chi connectivity index (χ2n) is 0.894. The Labute approximate surface area is 210 Å². The van der Waals surface area contributed by atoms with Gasteiger partial charge in [0.2, 0.25) is 0 Å². The van der Waals surface area contributed by atoms with Crippen LogP contribution in [0.25, 0.3) is 0 Å². The van der Waals surface area contributed by atoms with E-state index in [-0.39, 0.29) is 159 Å². The van der Waals surface area contributed by atoms with Gasteiger partial charge in [0.1, 0.15) is 0 Å². The molecule has 0 N–H and O–H groups in total. The first-order chi connectivity index (χ1) is 4.00. The Hall–Kier alpha value is 5.13. The zero-order valence-corrected chi connectivity index (χ0v) is 25.6. The van der Waals surface area contributed by atoms with E-state index in [2.05, 4.69) is 0 Å². The van der Waals surface area contributed by atoms with Crippen molar-refractivity contribution < 1.29 is 198 Å². The summed E-state index contributed by atoms with van der Waals surface area (Å²) in [7, 11) is -10.8. The van der Waals surface area contributed by atoms with Crippen molar-refractivity contribution in [3.63, 3.8) is 0 Å². The zero-order valence-electron chi connectivity index (χ0n) is 8.36. The molecule has 19 heavy (non-hydrogen) atoms. The van der Waals surface area contributed by atoms with Gasteiger partial charge in [-0.2, -0.15) is 15.6 Å². The summed E-state index contributed by atoms with van der Waals surface area (Å²) in [5, 5.41) is 0. The van der Waals surface area contributed by atoms with Crippen molar-refractivity contribution >= 4 is 15.6 Å². The van der Waals surface area contributed by atoms with Crippen molar-refractivity contribution in [1.29, 1.82) is 0 Å². The van der Waals surface area contributed by atoms with Crippen molar-refractivity contribution in [2.45, 2.75) is 0 Å². The Kier molecular flexibility index (Phi) is 152. The molecule has 0 bridgehead atoms. The standard InChI is InChI=1S/3Mn.3Ni.2H3O4P.3Zn/c;;;;;;2*1-5(2,3)4;;;/h;;;;;;2*(H3,1,2,3,4);;;/q3*+2;;;;;;;;/p-6. The molecule has 3 radical (unpaired) electrons. The maximum atomic E-state index is 8.55. The summed E-state index contributed by atoms with van der Waals surface area (Å²) in [5.74, 6) is 0. The normalized spacial score (nSPS) is 6.21. The van der Waals surface area contributed by atoms with E-state index in [1.807, 2.05) is 0 Å². The molecule has 0 saturated carbocycles. The van der Waals surface area contributed by atoms with Gasteiger partial charge in [-0.25, -0.2) is 0 Å². The maximum absolute atomic E-state index is 8.55. The van der Waals surface area contributed by atoms with Gasteiger partial charge in [-0.15, -0.1) is 0 Å². The molecule has 0 aliphatic rings. The van der Waals surface area contributed by atoms with Gasteiger partial charge in [-0.1, -0.05) is 0 Å². The summed E-state index contributed by atoms with van der Waals surface area (Å²) in [4.78, 5) is 51.3. The fourth-order valence-electron chi connectivity index (χ4n) is 0. The molecule has 0 aliphatic heterocycles.